The summed E-state index contributed by atoms with van der Waals surface area (Å²) < 4.78 is 6.99. The minimum Gasteiger partial charge on any atom is -0.492 e. The number of halogens is 1. The number of ether oxygens (including phenoxy) is 1. The fourth-order valence-electron chi connectivity index (χ4n) is 2.25. The van der Waals surface area contributed by atoms with E-state index in [0.29, 0.717) is 6.04 Å². The average Bonchev–Trinajstić information content (AvgIpc) is 2.37. The molecule has 1 aromatic rings. The maximum absolute atomic E-state index is 5.80. The molecule has 18 heavy (non-hydrogen) atoms. The number of benzene rings is 1. The molecule has 1 aromatic carbocycles. The van der Waals surface area contributed by atoms with Gasteiger partial charge in [-0.15, -0.1) is 0 Å². The van der Waals surface area contributed by atoms with Gasteiger partial charge in [0.05, 0.1) is 10.2 Å². The van der Waals surface area contributed by atoms with E-state index < -0.39 is 0 Å². The normalized spacial score (nSPS) is 20.9. The highest BCUT2D eigenvalue weighted by molar-refractivity contribution is 14.1. The van der Waals surface area contributed by atoms with E-state index in [-0.39, 0.29) is 0 Å². The van der Waals surface area contributed by atoms with Crippen LogP contribution in [-0.2, 0) is 0 Å². The summed E-state index contributed by atoms with van der Waals surface area (Å²) in [5, 5.41) is 3.46. The molecule has 1 atom stereocenters. The van der Waals surface area contributed by atoms with Crippen LogP contribution in [0.15, 0.2) is 24.3 Å². The highest BCUT2D eigenvalue weighted by Crippen LogP contribution is 2.19. The molecule has 1 saturated heterocycles. The van der Waals surface area contributed by atoms with Crippen molar-refractivity contribution in [2.75, 3.05) is 32.8 Å². The second-order valence-electron chi connectivity index (χ2n) is 4.79. The molecule has 2 rings (SSSR count). The van der Waals surface area contributed by atoms with Crippen LogP contribution in [0.3, 0.4) is 0 Å². The van der Waals surface area contributed by atoms with E-state index in [9.17, 15) is 0 Å². The molecule has 0 unspecified atom stereocenters. The van der Waals surface area contributed by atoms with Crippen LogP contribution in [0.5, 0.6) is 5.75 Å². The molecule has 0 saturated carbocycles. The number of nitrogens with one attached hydrogen (secondary N) is 1. The molecule has 1 heterocycles. The quantitative estimate of drug-likeness (QED) is 0.645. The van der Waals surface area contributed by atoms with E-state index in [2.05, 4.69) is 45.8 Å². The van der Waals surface area contributed by atoms with Crippen molar-refractivity contribution >= 4 is 22.6 Å². The first-order chi connectivity index (χ1) is 8.75. The topological polar surface area (TPSA) is 24.5 Å². The summed E-state index contributed by atoms with van der Waals surface area (Å²) in [4.78, 5) is 2.51. The highest BCUT2D eigenvalue weighted by Gasteiger charge is 2.14. The molecular formula is C14H21IN2O. The van der Waals surface area contributed by atoms with E-state index in [4.69, 9.17) is 4.74 Å². The Morgan fingerprint density at radius 2 is 2.28 bits per heavy atom. The Morgan fingerprint density at radius 3 is 3.06 bits per heavy atom. The van der Waals surface area contributed by atoms with Crippen molar-refractivity contribution in [3.05, 3.63) is 27.8 Å². The standard InChI is InChI=1S/C14H21IN2O/c1-12-11-17(9-7-16-12)8-4-10-18-14-6-3-2-5-13(14)15/h2-3,5-6,12,16H,4,7-11H2,1H3/t12-/m0/s1. The molecule has 1 N–H and O–H groups in total. The van der Waals surface area contributed by atoms with Crippen molar-refractivity contribution in [2.24, 2.45) is 0 Å². The lowest BCUT2D eigenvalue weighted by Crippen LogP contribution is -2.49. The summed E-state index contributed by atoms with van der Waals surface area (Å²) in [6, 6.07) is 8.80. The van der Waals surface area contributed by atoms with Crippen molar-refractivity contribution < 1.29 is 4.74 Å². The molecular weight excluding hydrogens is 339 g/mol. The summed E-state index contributed by atoms with van der Waals surface area (Å²) in [6.07, 6.45) is 1.09. The first kappa shape index (κ1) is 14.1. The Balaban J connectivity index is 1.65. The van der Waals surface area contributed by atoms with E-state index in [1.807, 2.05) is 18.2 Å². The zero-order valence-corrected chi connectivity index (χ0v) is 13.0. The van der Waals surface area contributed by atoms with Crippen LogP contribution in [0.25, 0.3) is 0 Å². The molecule has 0 aromatic heterocycles. The molecule has 1 aliphatic heterocycles. The van der Waals surface area contributed by atoms with Crippen molar-refractivity contribution in [1.29, 1.82) is 0 Å². The number of hydrogen-bond acceptors (Lipinski definition) is 3. The Kier molecular flexibility index (Phi) is 5.72. The zero-order chi connectivity index (χ0) is 12.8. The molecule has 100 valence electrons. The maximum atomic E-state index is 5.80. The number of hydrogen-bond donors (Lipinski definition) is 1. The molecule has 4 heteroatoms. The van der Waals surface area contributed by atoms with Gasteiger partial charge in [-0.2, -0.15) is 0 Å². The van der Waals surface area contributed by atoms with Crippen molar-refractivity contribution in [1.82, 2.24) is 10.2 Å². The Labute approximate surface area is 123 Å². The van der Waals surface area contributed by atoms with Crippen LogP contribution in [0, 0.1) is 3.57 Å². The fourth-order valence-corrected chi connectivity index (χ4v) is 2.79. The highest BCUT2D eigenvalue weighted by atomic mass is 127. The summed E-state index contributed by atoms with van der Waals surface area (Å²) in [5.74, 6) is 1.01. The maximum Gasteiger partial charge on any atom is 0.132 e. The van der Waals surface area contributed by atoms with E-state index in [1.165, 1.54) is 3.57 Å². The molecule has 1 aliphatic rings. The van der Waals surface area contributed by atoms with Crippen LogP contribution in [0.1, 0.15) is 13.3 Å². The first-order valence-corrected chi connectivity index (χ1v) is 7.66. The molecule has 0 spiro atoms. The number of piperazine rings is 1. The summed E-state index contributed by atoms with van der Waals surface area (Å²) >= 11 is 2.31. The lowest BCUT2D eigenvalue weighted by molar-refractivity contribution is 0.189. The average molecular weight is 360 g/mol. The minimum atomic E-state index is 0.620. The largest absolute Gasteiger partial charge is 0.492 e. The van der Waals surface area contributed by atoms with Gasteiger partial charge in [-0.3, -0.25) is 0 Å². The molecule has 0 bridgehead atoms. The van der Waals surface area contributed by atoms with Crippen LogP contribution < -0.4 is 10.1 Å². The van der Waals surface area contributed by atoms with Gasteiger partial charge in [0.25, 0.3) is 0 Å². The number of rotatable bonds is 5. The Hall–Kier alpha value is -0.330. The Morgan fingerprint density at radius 1 is 1.44 bits per heavy atom. The van der Waals surface area contributed by atoms with Gasteiger partial charge in [-0.1, -0.05) is 12.1 Å². The van der Waals surface area contributed by atoms with Crippen LogP contribution in [0.4, 0.5) is 0 Å². The number of para-hydroxylation sites is 1. The van der Waals surface area contributed by atoms with E-state index in [0.717, 1.165) is 45.0 Å². The van der Waals surface area contributed by atoms with Gasteiger partial charge in [0.2, 0.25) is 0 Å². The molecule has 0 aliphatic carbocycles. The molecule has 0 amide bonds. The fraction of sp³-hybridized carbons (Fsp3) is 0.571. The third kappa shape index (κ3) is 4.40. The van der Waals surface area contributed by atoms with Crippen molar-refractivity contribution in [3.8, 4) is 5.75 Å². The molecule has 1 fully saturated rings. The minimum absolute atomic E-state index is 0.620. The van der Waals surface area contributed by atoms with Gasteiger partial charge in [-0.25, -0.2) is 0 Å². The van der Waals surface area contributed by atoms with Gasteiger partial charge < -0.3 is 15.0 Å². The first-order valence-electron chi connectivity index (χ1n) is 6.59. The van der Waals surface area contributed by atoms with Crippen LogP contribution in [0.2, 0.25) is 0 Å². The monoisotopic (exact) mass is 360 g/mol. The SMILES string of the molecule is C[C@H]1CN(CCCOc2ccccc2I)CCN1. The van der Waals surface area contributed by atoms with Gasteiger partial charge in [0, 0.05) is 32.2 Å². The Bertz CT molecular complexity index is 373. The lowest BCUT2D eigenvalue weighted by Gasteiger charge is -2.31. The van der Waals surface area contributed by atoms with Gasteiger partial charge >= 0.3 is 0 Å². The molecule has 3 nitrogen and oxygen atoms in total. The van der Waals surface area contributed by atoms with Gasteiger partial charge in [0.15, 0.2) is 0 Å². The molecule has 0 radical (unpaired) electrons. The number of nitrogens with zero attached hydrogens (tertiary/aromatic N) is 1. The van der Waals surface area contributed by atoms with Crippen molar-refractivity contribution in [2.45, 2.75) is 19.4 Å². The predicted octanol–water partition coefficient (Wildman–Crippen LogP) is 2.35. The zero-order valence-electron chi connectivity index (χ0n) is 10.9. The van der Waals surface area contributed by atoms with E-state index >= 15 is 0 Å². The third-order valence-corrected chi connectivity index (χ3v) is 4.06. The van der Waals surface area contributed by atoms with Crippen LogP contribution in [-0.4, -0.2) is 43.7 Å². The van der Waals surface area contributed by atoms with Gasteiger partial charge in [0.1, 0.15) is 5.75 Å². The van der Waals surface area contributed by atoms with Crippen molar-refractivity contribution in [3.63, 3.8) is 0 Å². The summed E-state index contributed by atoms with van der Waals surface area (Å²) in [5.41, 5.74) is 0. The van der Waals surface area contributed by atoms with Crippen LogP contribution >= 0.6 is 22.6 Å². The lowest BCUT2D eigenvalue weighted by atomic mass is 10.2. The summed E-state index contributed by atoms with van der Waals surface area (Å²) in [7, 11) is 0. The smallest absolute Gasteiger partial charge is 0.132 e. The second-order valence-corrected chi connectivity index (χ2v) is 5.95. The summed E-state index contributed by atoms with van der Waals surface area (Å²) in [6.45, 7) is 7.61. The predicted molar refractivity (Wildman–Crippen MR) is 83.2 cm³/mol. The second kappa shape index (κ2) is 7.31. The third-order valence-electron chi connectivity index (χ3n) is 3.17. The van der Waals surface area contributed by atoms with Gasteiger partial charge in [-0.05, 0) is 48.1 Å². The van der Waals surface area contributed by atoms with E-state index in [1.54, 1.807) is 0 Å².